The molecular formula is C12H13BrN4O3. The van der Waals surface area contributed by atoms with Gasteiger partial charge in [0.2, 0.25) is 0 Å². The highest BCUT2D eigenvalue weighted by molar-refractivity contribution is 9.10. The van der Waals surface area contributed by atoms with Crippen LogP contribution in [-0.2, 0) is 7.05 Å². The lowest BCUT2D eigenvalue weighted by atomic mass is 10.2. The summed E-state index contributed by atoms with van der Waals surface area (Å²) in [6.07, 6.45) is 2.47. The van der Waals surface area contributed by atoms with E-state index >= 15 is 0 Å². The molecule has 0 saturated heterocycles. The molecule has 106 valence electrons. The molecule has 8 heteroatoms. The van der Waals surface area contributed by atoms with E-state index in [1.54, 1.807) is 36.3 Å². The molecular weight excluding hydrogens is 328 g/mol. The van der Waals surface area contributed by atoms with Gasteiger partial charge in [0, 0.05) is 35.9 Å². The number of aliphatic hydroxyl groups excluding tert-OH is 1. The first-order valence-electron chi connectivity index (χ1n) is 5.82. The molecule has 0 aliphatic heterocycles. The first kappa shape index (κ1) is 14.5. The highest BCUT2D eigenvalue weighted by Crippen LogP contribution is 2.28. The van der Waals surface area contributed by atoms with Crippen molar-refractivity contribution in [1.82, 2.24) is 9.78 Å². The third-order valence-corrected chi connectivity index (χ3v) is 3.25. The molecule has 0 amide bonds. The van der Waals surface area contributed by atoms with Gasteiger partial charge in [-0.3, -0.25) is 14.8 Å². The van der Waals surface area contributed by atoms with E-state index in [1.807, 2.05) is 0 Å². The Balaban J connectivity index is 2.09. The molecule has 0 fully saturated rings. The predicted octanol–water partition coefficient (Wildman–Crippen LogP) is 2.24. The van der Waals surface area contributed by atoms with Crippen LogP contribution in [0.1, 0.15) is 11.7 Å². The molecule has 20 heavy (non-hydrogen) atoms. The minimum absolute atomic E-state index is 0.0437. The molecule has 0 aliphatic carbocycles. The Hall–Kier alpha value is -1.93. The van der Waals surface area contributed by atoms with Crippen LogP contribution in [0.25, 0.3) is 0 Å². The molecule has 7 nitrogen and oxygen atoms in total. The molecule has 0 spiro atoms. The summed E-state index contributed by atoms with van der Waals surface area (Å²) in [7, 11) is 1.75. The fourth-order valence-corrected chi connectivity index (χ4v) is 2.09. The maximum atomic E-state index is 11.0. The summed E-state index contributed by atoms with van der Waals surface area (Å²) in [4.78, 5) is 10.5. The zero-order chi connectivity index (χ0) is 14.7. The van der Waals surface area contributed by atoms with Crippen LogP contribution in [0.15, 0.2) is 35.1 Å². The zero-order valence-electron chi connectivity index (χ0n) is 10.7. The van der Waals surface area contributed by atoms with Gasteiger partial charge in [-0.25, -0.2) is 0 Å². The SMILES string of the molecule is Cn1cc(C(O)CNc2ccc(Br)cc2[N+](=O)[O-])cn1. The monoisotopic (exact) mass is 340 g/mol. The van der Waals surface area contributed by atoms with E-state index in [0.29, 0.717) is 15.7 Å². The number of nitro groups is 1. The van der Waals surface area contributed by atoms with Crippen molar-refractivity contribution >= 4 is 27.3 Å². The topological polar surface area (TPSA) is 93.2 Å². The van der Waals surface area contributed by atoms with E-state index < -0.39 is 11.0 Å². The number of aryl methyl sites for hydroxylation is 1. The second-order valence-electron chi connectivity index (χ2n) is 4.26. The largest absolute Gasteiger partial charge is 0.386 e. The summed E-state index contributed by atoms with van der Waals surface area (Å²) in [6, 6.07) is 4.71. The highest BCUT2D eigenvalue weighted by atomic mass is 79.9. The van der Waals surface area contributed by atoms with Crippen molar-refractivity contribution < 1.29 is 10.0 Å². The van der Waals surface area contributed by atoms with Crippen LogP contribution in [0.4, 0.5) is 11.4 Å². The lowest BCUT2D eigenvalue weighted by Crippen LogP contribution is -2.12. The van der Waals surface area contributed by atoms with Crippen molar-refractivity contribution in [2.45, 2.75) is 6.10 Å². The van der Waals surface area contributed by atoms with Gasteiger partial charge in [-0.2, -0.15) is 5.10 Å². The van der Waals surface area contributed by atoms with Gasteiger partial charge in [0.15, 0.2) is 0 Å². The summed E-state index contributed by atoms with van der Waals surface area (Å²) in [5.74, 6) is 0. The number of hydrogen-bond acceptors (Lipinski definition) is 5. The van der Waals surface area contributed by atoms with Gasteiger partial charge in [0.1, 0.15) is 5.69 Å². The van der Waals surface area contributed by atoms with Crippen LogP contribution in [-0.4, -0.2) is 26.4 Å². The molecule has 2 N–H and O–H groups in total. The van der Waals surface area contributed by atoms with Crippen molar-refractivity contribution in [2.75, 3.05) is 11.9 Å². The second kappa shape index (κ2) is 6.02. The summed E-state index contributed by atoms with van der Waals surface area (Å²) in [6.45, 7) is 0.161. The molecule has 2 rings (SSSR count). The number of rotatable bonds is 5. The van der Waals surface area contributed by atoms with Crippen molar-refractivity contribution in [2.24, 2.45) is 7.05 Å². The summed E-state index contributed by atoms with van der Waals surface area (Å²) >= 11 is 3.19. The quantitative estimate of drug-likeness (QED) is 0.643. The van der Waals surface area contributed by atoms with Crippen LogP contribution < -0.4 is 5.32 Å². The van der Waals surface area contributed by atoms with E-state index in [-0.39, 0.29) is 12.2 Å². The van der Waals surface area contributed by atoms with Crippen molar-refractivity contribution in [3.8, 4) is 0 Å². The van der Waals surface area contributed by atoms with Gasteiger partial charge in [-0.1, -0.05) is 15.9 Å². The van der Waals surface area contributed by atoms with E-state index in [1.165, 1.54) is 6.07 Å². The summed E-state index contributed by atoms with van der Waals surface area (Å²) in [5.41, 5.74) is 0.971. The molecule has 2 aromatic rings. The molecule has 0 bridgehead atoms. The Kier molecular flexibility index (Phi) is 4.35. The van der Waals surface area contributed by atoms with Crippen LogP contribution >= 0.6 is 15.9 Å². The van der Waals surface area contributed by atoms with Gasteiger partial charge in [0.05, 0.1) is 17.2 Å². The fraction of sp³-hybridized carbons (Fsp3) is 0.250. The maximum Gasteiger partial charge on any atom is 0.293 e. The standard InChI is InChI=1S/C12H13BrN4O3/c1-16-7-8(5-15-16)12(18)6-14-10-3-2-9(13)4-11(10)17(19)20/h2-5,7,12,14,18H,6H2,1H3. The van der Waals surface area contributed by atoms with Crippen LogP contribution in [0, 0.1) is 10.1 Å². The van der Waals surface area contributed by atoms with E-state index in [2.05, 4.69) is 26.3 Å². The van der Waals surface area contributed by atoms with Crippen LogP contribution in [0.3, 0.4) is 0 Å². The van der Waals surface area contributed by atoms with Crippen LogP contribution in [0.2, 0.25) is 0 Å². The third kappa shape index (κ3) is 3.34. The number of halogens is 1. The molecule has 1 unspecified atom stereocenters. The number of anilines is 1. The molecule has 0 saturated carbocycles. The number of aromatic nitrogens is 2. The number of nitro benzene ring substituents is 1. The Morgan fingerprint density at radius 3 is 2.95 bits per heavy atom. The van der Waals surface area contributed by atoms with Crippen molar-refractivity contribution in [3.05, 3.63) is 50.7 Å². The van der Waals surface area contributed by atoms with Crippen LogP contribution in [0.5, 0.6) is 0 Å². The lowest BCUT2D eigenvalue weighted by Gasteiger charge is -2.11. The minimum Gasteiger partial charge on any atom is -0.386 e. The van der Waals surface area contributed by atoms with Gasteiger partial charge in [0.25, 0.3) is 5.69 Å². The summed E-state index contributed by atoms with van der Waals surface area (Å²) < 4.78 is 2.21. The summed E-state index contributed by atoms with van der Waals surface area (Å²) in [5, 5.41) is 27.8. The van der Waals surface area contributed by atoms with Gasteiger partial charge < -0.3 is 10.4 Å². The highest BCUT2D eigenvalue weighted by Gasteiger charge is 2.16. The average Bonchev–Trinajstić information content (AvgIpc) is 2.83. The third-order valence-electron chi connectivity index (χ3n) is 2.75. The maximum absolute atomic E-state index is 11.0. The van der Waals surface area contributed by atoms with Gasteiger partial charge in [-0.15, -0.1) is 0 Å². The fourth-order valence-electron chi connectivity index (χ4n) is 1.74. The first-order valence-corrected chi connectivity index (χ1v) is 6.61. The number of nitrogens with zero attached hydrogens (tertiary/aromatic N) is 3. The van der Waals surface area contributed by atoms with E-state index in [4.69, 9.17) is 0 Å². The number of hydrogen-bond donors (Lipinski definition) is 2. The Labute approximate surface area is 123 Å². The lowest BCUT2D eigenvalue weighted by molar-refractivity contribution is -0.384. The van der Waals surface area contributed by atoms with Gasteiger partial charge in [-0.05, 0) is 12.1 Å². The smallest absolute Gasteiger partial charge is 0.293 e. The molecule has 1 atom stereocenters. The Morgan fingerprint density at radius 2 is 2.35 bits per heavy atom. The molecule has 1 aromatic heterocycles. The van der Waals surface area contributed by atoms with Gasteiger partial charge >= 0.3 is 0 Å². The molecule has 1 heterocycles. The number of benzene rings is 1. The first-order chi connectivity index (χ1) is 9.47. The zero-order valence-corrected chi connectivity index (χ0v) is 12.2. The number of nitrogens with one attached hydrogen (secondary N) is 1. The Morgan fingerprint density at radius 1 is 1.60 bits per heavy atom. The molecule has 1 aromatic carbocycles. The van der Waals surface area contributed by atoms with E-state index in [9.17, 15) is 15.2 Å². The van der Waals surface area contributed by atoms with E-state index in [0.717, 1.165) is 0 Å². The minimum atomic E-state index is -0.785. The number of aliphatic hydroxyl groups is 1. The van der Waals surface area contributed by atoms with Crippen molar-refractivity contribution in [3.63, 3.8) is 0 Å². The molecule has 0 aliphatic rings. The normalized spacial score (nSPS) is 12.2. The Bertz CT molecular complexity index is 629. The van der Waals surface area contributed by atoms with Crippen molar-refractivity contribution in [1.29, 1.82) is 0 Å². The molecule has 0 radical (unpaired) electrons. The average molecular weight is 341 g/mol. The second-order valence-corrected chi connectivity index (χ2v) is 5.18. The predicted molar refractivity (Wildman–Crippen MR) is 77.5 cm³/mol.